The monoisotopic (exact) mass is 193 g/mol. The maximum absolute atomic E-state index is 5.52. The van der Waals surface area contributed by atoms with Gasteiger partial charge in [0, 0.05) is 0 Å². The lowest BCUT2D eigenvalue weighted by Crippen LogP contribution is -1.99. The number of nitrogen functional groups attached to an aromatic ring is 1. The predicted octanol–water partition coefficient (Wildman–Crippen LogP) is 1.37. The van der Waals surface area contributed by atoms with Gasteiger partial charge in [0.15, 0.2) is 16.1 Å². The minimum Gasteiger partial charge on any atom is -0.478 e. The molecule has 1 heterocycles. The number of ether oxygens (including phenoxy) is 1. The molecule has 0 radical (unpaired) electrons. The lowest BCUT2D eigenvalue weighted by Gasteiger charge is -2.02. The van der Waals surface area contributed by atoms with Gasteiger partial charge in [0.05, 0.1) is 7.11 Å². The molecule has 0 aliphatic rings. The van der Waals surface area contributed by atoms with Crippen LogP contribution in [0.2, 0.25) is 10.3 Å². The molecule has 0 aromatic carbocycles. The summed E-state index contributed by atoms with van der Waals surface area (Å²) in [7, 11) is 1.42. The van der Waals surface area contributed by atoms with E-state index in [1.807, 2.05) is 0 Å². The number of nitrogens with two attached hydrogens (primary N) is 1. The van der Waals surface area contributed by atoms with Crippen LogP contribution in [0, 0.1) is 0 Å². The molecule has 0 saturated carbocycles. The number of hydrogen-bond acceptors (Lipinski definition) is 4. The molecule has 0 saturated heterocycles. The molecule has 0 amide bonds. The van der Waals surface area contributed by atoms with Crippen molar-refractivity contribution in [3.05, 3.63) is 10.3 Å². The first kappa shape index (κ1) is 8.36. The van der Waals surface area contributed by atoms with Gasteiger partial charge in [-0.05, 0) is 0 Å². The Morgan fingerprint density at radius 2 is 1.82 bits per heavy atom. The van der Waals surface area contributed by atoms with E-state index in [2.05, 4.69) is 9.97 Å². The Labute approximate surface area is 73.3 Å². The lowest BCUT2D eigenvalue weighted by atomic mass is 10.6. The first-order valence-electron chi connectivity index (χ1n) is 2.67. The summed E-state index contributed by atoms with van der Waals surface area (Å²) >= 11 is 11.0. The van der Waals surface area contributed by atoms with E-state index in [0.29, 0.717) is 0 Å². The summed E-state index contributed by atoms with van der Waals surface area (Å²) in [6.45, 7) is 0. The number of halogens is 2. The zero-order valence-corrected chi connectivity index (χ0v) is 7.15. The molecule has 1 aromatic heterocycles. The molecule has 2 N–H and O–H groups in total. The first-order valence-corrected chi connectivity index (χ1v) is 3.43. The minimum atomic E-state index is 0.0740. The Kier molecular flexibility index (Phi) is 2.36. The summed E-state index contributed by atoms with van der Waals surface area (Å²) in [6, 6.07) is 0. The van der Waals surface area contributed by atoms with Crippen LogP contribution in [0.25, 0.3) is 0 Å². The van der Waals surface area contributed by atoms with Crippen LogP contribution >= 0.6 is 23.2 Å². The van der Waals surface area contributed by atoms with E-state index in [1.165, 1.54) is 7.11 Å². The van der Waals surface area contributed by atoms with Gasteiger partial charge < -0.3 is 10.5 Å². The van der Waals surface area contributed by atoms with Crippen LogP contribution in [0.3, 0.4) is 0 Å². The second-order valence-corrected chi connectivity index (χ2v) is 2.42. The van der Waals surface area contributed by atoms with E-state index in [9.17, 15) is 0 Å². The number of nitrogens with zero attached hydrogens (tertiary/aromatic N) is 2. The Hall–Kier alpha value is -0.740. The smallest absolute Gasteiger partial charge is 0.258 e. The third kappa shape index (κ3) is 1.64. The summed E-state index contributed by atoms with van der Waals surface area (Å²) in [5.74, 6) is 0.307. The second kappa shape index (κ2) is 3.11. The van der Waals surface area contributed by atoms with Crippen LogP contribution in [0.5, 0.6) is 5.88 Å². The highest BCUT2D eigenvalue weighted by molar-refractivity contribution is 6.40. The molecule has 0 aliphatic carbocycles. The fourth-order valence-corrected chi connectivity index (χ4v) is 0.795. The largest absolute Gasteiger partial charge is 0.478 e. The molecule has 60 valence electrons. The second-order valence-electron chi connectivity index (χ2n) is 1.70. The van der Waals surface area contributed by atoms with Gasteiger partial charge >= 0.3 is 0 Å². The standard InChI is InChI=1S/C5H5Cl2N3O/c1-11-5-4(8)9-2(6)3(7)10-5/h1H3,(H2,8,9). The van der Waals surface area contributed by atoms with E-state index in [1.54, 1.807) is 0 Å². The van der Waals surface area contributed by atoms with Gasteiger partial charge in [-0.2, -0.15) is 4.98 Å². The minimum absolute atomic E-state index is 0.0740. The van der Waals surface area contributed by atoms with E-state index in [-0.39, 0.29) is 22.0 Å². The summed E-state index contributed by atoms with van der Waals surface area (Å²) in [4.78, 5) is 7.38. The van der Waals surface area contributed by atoms with Gasteiger partial charge in [-0.3, -0.25) is 0 Å². The van der Waals surface area contributed by atoms with Gasteiger partial charge in [0.2, 0.25) is 0 Å². The Bertz CT molecular complexity index is 279. The van der Waals surface area contributed by atoms with Crippen LogP contribution in [0.15, 0.2) is 0 Å². The number of aromatic nitrogens is 2. The van der Waals surface area contributed by atoms with Gasteiger partial charge in [-0.1, -0.05) is 23.2 Å². The van der Waals surface area contributed by atoms with E-state index < -0.39 is 0 Å². The van der Waals surface area contributed by atoms with Crippen molar-refractivity contribution >= 4 is 29.0 Å². The predicted molar refractivity (Wildman–Crippen MR) is 43.0 cm³/mol. The fourth-order valence-electron chi connectivity index (χ4n) is 0.542. The average Bonchev–Trinajstić information content (AvgIpc) is 1.97. The number of methoxy groups -OCH3 is 1. The first-order chi connectivity index (χ1) is 5.15. The third-order valence-electron chi connectivity index (χ3n) is 1.00. The molecule has 0 spiro atoms. The molecule has 4 nitrogen and oxygen atoms in total. The molecule has 1 rings (SSSR count). The number of anilines is 1. The number of rotatable bonds is 1. The zero-order chi connectivity index (χ0) is 8.43. The average molecular weight is 194 g/mol. The van der Waals surface area contributed by atoms with Crippen LogP contribution < -0.4 is 10.5 Å². The van der Waals surface area contributed by atoms with E-state index >= 15 is 0 Å². The molecule has 0 atom stereocenters. The van der Waals surface area contributed by atoms with Crippen molar-refractivity contribution in [2.75, 3.05) is 12.8 Å². The molecule has 6 heteroatoms. The quantitative estimate of drug-likeness (QED) is 0.733. The maximum Gasteiger partial charge on any atom is 0.258 e. The molecule has 1 aromatic rings. The van der Waals surface area contributed by atoms with Crippen LogP contribution in [0.1, 0.15) is 0 Å². The normalized spacial score (nSPS) is 9.73. The van der Waals surface area contributed by atoms with Crippen LogP contribution in [-0.4, -0.2) is 17.1 Å². The molecule has 0 unspecified atom stereocenters. The van der Waals surface area contributed by atoms with Gasteiger partial charge in [0.1, 0.15) is 0 Å². The van der Waals surface area contributed by atoms with Gasteiger partial charge in [0.25, 0.3) is 5.88 Å². The molecule has 0 fully saturated rings. The molecule has 11 heavy (non-hydrogen) atoms. The van der Waals surface area contributed by atoms with Crippen molar-refractivity contribution in [3.8, 4) is 5.88 Å². The van der Waals surface area contributed by atoms with Crippen molar-refractivity contribution in [2.24, 2.45) is 0 Å². The number of hydrogen-bond donors (Lipinski definition) is 1. The van der Waals surface area contributed by atoms with Crippen molar-refractivity contribution in [1.82, 2.24) is 9.97 Å². The van der Waals surface area contributed by atoms with Crippen molar-refractivity contribution < 1.29 is 4.74 Å². The van der Waals surface area contributed by atoms with Crippen LogP contribution in [-0.2, 0) is 0 Å². The molecular formula is C5H5Cl2N3O. The van der Waals surface area contributed by atoms with Gasteiger partial charge in [-0.25, -0.2) is 4.98 Å². The summed E-state index contributed by atoms with van der Waals surface area (Å²) in [5.41, 5.74) is 5.36. The van der Waals surface area contributed by atoms with Crippen molar-refractivity contribution in [2.45, 2.75) is 0 Å². The molecule has 0 bridgehead atoms. The summed E-state index contributed by atoms with van der Waals surface area (Å²) < 4.78 is 4.74. The maximum atomic E-state index is 5.52. The molecular weight excluding hydrogens is 189 g/mol. The zero-order valence-electron chi connectivity index (χ0n) is 5.64. The van der Waals surface area contributed by atoms with Crippen LogP contribution in [0.4, 0.5) is 5.82 Å². The van der Waals surface area contributed by atoms with E-state index in [0.717, 1.165) is 0 Å². The summed E-state index contributed by atoms with van der Waals surface area (Å²) in [5, 5.41) is 0.155. The Morgan fingerprint density at radius 1 is 1.27 bits per heavy atom. The highest BCUT2D eigenvalue weighted by atomic mass is 35.5. The van der Waals surface area contributed by atoms with Crippen molar-refractivity contribution in [3.63, 3.8) is 0 Å². The lowest BCUT2D eigenvalue weighted by molar-refractivity contribution is 0.398. The highest BCUT2D eigenvalue weighted by Crippen LogP contribution is 2.24. The topological polar surface area (TPSA) is 61.0 Å². The van der Waals surface area contributed by atoms with E-state index in [4.69, 9.17) is 33.7 Å². The van der Waals surface area contributed by atoms with Gasteiger partial charge in [-0.15, -0.1) is 0 Å². The van der Waals surface area contributed by atoms with Crippen molar-refractivity contribution in [1.29, 1.82) is 0 Å². The highest BCUT2D eigenvalue weighted by Gasteiger charge is 2.07. The molecule has 0 aliphatic heterocycles. The third-order valence-corrected chi connectivity index (χ3v) is 1.62. The Balaban J connectivity index is 3.21. The Morgan fingerprint density at radius 3 is 2.36 bits per heavy atom. The fraction of sp³-hybridized carbons (Fsp3) is 0.200. The summed E-state index contributed by atoms with van der Waals surface area (Å²) in [6.07, 6.45) is 0. The SMILES string of the molecule is COc1nc(Cl)c(Cl)nc1N.